The molecule has 0 amide bonds. The third-order valence-electron chi connectivity index (χ3n) is 3.18. The summed E-state index contributed by atoms with van der Waals surface area (Å²) in [7, 11) is 0. The van der Waals surface area contributed by atoms with Crippen LogP contribution in [-0.2, 0) is 0 Å². The molecule has 0 heterocycles. The third-order valence-corrected chi connectivity index (χ3v) is 4.11. The van der Waals surface area contributed by atoms with E-state index in [1.807, 2.05) is 42.5 Å². The fraction of sp³-hybridized carbons (Fsp3) is 0. The molecule has 0 spiro atoms. The summed E-state index contributed by atoms with van der Waals surface area (Å²) in [4.78, 5) is 12.6. The van der Waals surface area contributed by atoms with Crippen molar-refractivity contribution in [3.05, 3.63) is 81.3 Å². The zero-order chi connectivity index (χ0) is 14.1. The first-order valence-corrected chi connectivity index (χ1v) is 7.31. The van der Waals surface area contributed by atoms with Gasteiger partial charge < -0.3 is 0 Å². The molecule has 3 aromatic rings. The number of fused-ring (bicyclic) bond motifs is 1. The van der Waals surface area contributed by atoms with E-state index in [0.29, 0.717) is 16.1 Å². The molecular formula is C17H10BrClO. The van der Waals surface area contributed by atoms with Gasteiger partial charge in [-0.25, -0.2) is 0 Å². The van der Waals surface area contributed by atoms with Crippen LogP contribution in [0.5, 0.6) is 0 Å². The molecule has 0 saturated heterocycles. The van der Waals surface area contributed by atoms with E-state index in [1.165, 1.54) is 0 Å². The predicted molar refractivity (Wildman–Crippen MR) is 86.5 cm³/mol. The van der Waals surface area contributed by atoms with Gasteiger partial charge in [-0.3, -0.25) is 4.79 Å². The molecular weight excluding hydrogens is 336 g/mol. The van der Waals surface area contributed by atoms with Gasteiger partial charge in [0.2, 0.25) is 0 Å². The SMILES string of the molecule is O=C(c1ccc2ccccc2c1)c1cc(Cl)ccc1Br. The van der Waals surface area contributed by atoms with Crippen molar-refractivity contribution in [3.8, 4) is 0 Å². The summed E-state index contributed by atoms with van der Waals surface area (Å²) in [5.74, 6) is -0.0369. The lowest BCUT2D eigenvalue weighted by Gasteiger charge is -2.06. The first kappa shape index (κ1) is 13.3. The minimum absolute atomic E-state index is 0.0369. The van der Waals surface area contributed by atoms with E-state index in [9.17, 15) is 4.79 Å². The summed E-state index contributed by atoms with van der Waals surface area (Å²) in [6.45, 7) is 0. The summed E-state index contributed by atoms with van der Waals surface area (Å²) >= 11 is 9.37. The standard InChI is InChI=1S/C17H10BrClO/c18-16-8-7-14(19)10-15(16)17(20)13-6-5-11-3-1-2-4-12(11)9-13/h1-10H. The smallest absolute Gasteiger partial charge is 0.194 e. The quantitative estimate of drug-likeness (QED) is 0.562. The van der Waals surface area contributed by atoms with E-state index in [4.69, 9.17) is 11.6 Å². The van der Waals surface area contributed by atoms with Crippen LogP contribution in [0.2, 0.25) is 5.02 Å². The summed E-state index contributed by atoms with van der Waals surface area (Å²) in [5.41, 5.74) is 1.24. The van der Waals surface area contributed by atoms with E-state index >= 15 is 0 Å². The van der Waals surface area contributed by atoms with Crippen molar-refractivity contribution >= 4 is 44.1 Å². The maximum atomic E-state index is 12.6. The topological polar surface area (TPSA) is 17.1 Å². The van der Waals surface area contributed by atoms with Crippen LogP contribution in [0.4, 0.5) is 0 Å². The van der Waals surface area contributed by atoms with E-state index < -0.39 is 0 Å². The summed E-state index contributed by atoms with van der Waals surface area (Å²) in [6, 6.07) is 18.9. The van der Waals surface area contributed by atoms with E-state index in [2.05, 4.69) is 15.9 Å². The largest absolute Gasteiger partial charge is 0.289 e. The predicted octanol–water partition coefficient (Wildman–Crippen LogP) is 5.49. The zero-order valence-electron chi connectivity index (χ0n) is 10.4. The van der Waals surface area contributed by atoms with E-state index in [-0.39, 0.29) is 5.78 Å². The number of hydrogen-bond acceptors (Lipinski definition) is 1. The monoisotopic (exact) mass is 344 g/mol. The van der Waals surface area contributed by atoms with Crippen molar-refractivity contribution in [2.75, 3.05) is 0 Å². The first-order chi connectivity index (χ1) is 9.65. The normalized spacial score (nSPS) is 10.7. The van der Waals surface area contributed by atoms with Crippen molar-refractivity contribution in [1.82, 2.24) is 0 Å². The van der Waals surface area contributed by atoms with Crippen LogP contribution < -0.4 is 0 Å². The number of benzene rings is 3. The number of carbonyl (C=O) groups is 1. The minimum atomic E-state index is -0.0369. The third kappa shape index (κ3) is 2.49. The van der Waals surface area contributed by atoms with E-state index in [0.717, 1.165) is 15.2 Å². The molecule has 20 heavy (non-hydrogen) atoms. The van der Waals surface area contributed by atoms with Gasteiger partial charge in [-0.1, -0.05) is 63.9 Å². The second-order valence-electron chi connectivity index (χ2n) is 4.52. The van der Waals surface area contributed by atoms with Gasteiger partial charge in [0.15, 0.2) is 5.78 Å². The van der Waals surface area contributed by atoms with Crippen LogP contribution in [0.1, 0.15) is 15.9 Å². The van der Waals surface area contributed by atoms with Crippen LogP contribution in [0.25, 0.3) is 10.8 Å². The molecule has 0 N–H and O–H groups in total. The minimum Gasteiger partial charge on any atom is -0.289 e. The Morgan fingerprint density at radius 1 is 0.900 bits per heavy atom. The number of hydrogen-bond donors (Lipinski definition) is 0. The maximum absolute atomic E-state index is 12.6. The molecule has 3 heteroatoms. The lowest BCUT2D eigenvalue weighted by molar-refractivity contribution is 0.103. The maximum Gasteiger partial charge on any atom is 0.194 e. The Balaban J connectivity index is 2.10. The molecule has 0 radical (unpaired) electrons. The van der Waals surface area contributed by atoms with Gasteiger partial charge in [-0.15, -0.1) is 0 Å². The highest BCUT2D eigenvalue weighted by molar-refractivity contribution is 9.10. The molecule has 0 bridgehead atoms. The summed E-state index contributed by atoms with van der Waals surface area (Å²) in [6.07, 6.45) is 0. The number of rotatable bonds is 2. The highest BCUT2D eigenvalue weighted by Crippen LogP contribution is 2.25. The molecule has 3 aromatic carbocycles. The molecule has 0 unspecified atom stereocenters. The first-order valence-electron chi connectivity index (χ1n) is 6.14. The highest BCUT2D eigenvalue weighted by atomic mass is 79.9. The average molecular weight is 346 g/mol. The van der Waals surface area contributed by atoms with Gasteiger partial charge in [-0.05, 0) is 35.0 Å². The molecule has 0 aliphatic carbocycles. The Kier molecular flexibility index (Phi) is 3.60. The van der Waals surface area contributed by atoms with Gasteiger partial charge in [0.05, 0.1) is 0 Å². The molecule has 0 saturated carbocycles. The van der Waals surface area contributed by atoms with Crippen molar-refractivity contribution in [2.24, 2.45) is 0 Å². The summed E-state index contributed by atoms with van der Waals surface area (Å²) < 4.78 is 0.750. The van der Waals surface area contributed by atoms with Gasteiger partial charge in [0, 0.05) is 20.6 Å². The lowest BCUT2D eigenvalue weighted by Crippen LogP contribution is -2.02. The zero-order valence-corrected chi connectivity index (χ0v) is 12.8. The fourth-order valence-electron chi connectivity index (χ4n) is 2.16. The van der Waals surface area contributed by atoms with Crippen LogP contribution in [0.15, 0.2) is 65.1 Å². The number of carbonyl (C=O) groups excluding carboxylic acids is 1. The number of ketones is 1. The molecule has 0 aliphatic rings. The van der Waals surface area contributed by atoms with Crippen molar-refractivity contribution < 1.29 is 4.79 Å². The van der Waals surface area contributed by atoms with Crippen molar-refractivity contribution in [3.63, 3.8) is 0 Å². The van der Waals surface area contributed by atoms with Crippen molar-refractivity contribution in [2.45, 2.75) is 0 Å². The lowest BCUT2D eigenvalue weighted by atomic mass is 10.00. The van der Waals surface area contributed by atoms with Crippen LogP contribution in [-0.4, -0.2) is 5.78 Å². The van der Waals surface area contributed by atoms with Gasteiger partial charge in [0.25, 0.3) is 0 Å². The van der Waals surface area contributed by atoms with Gasteiger partial charge in [0.1, 0.15) is 0 Å². The molecule has 1 nitrogen and oxygen atoms in total. The fourth-order valence-corrected chi connectivity index (χ4v) is 2.76. The Morgan fingerprint density at radius 3 is 2.45 bits per heavy atom. The second-order valence-corrected chi connectivity index (χ2v) is 5.81. The average Bonchev–Trinajstić information content (AvgIpc) is 2.48. The Labute approximate surface area is 130 Å². The summed E-state index contributed by atoms with van der Waals surface area (Å²) in [5, 5.41) is 2.73. The molecule has 0 aromatic heterocycles. The number of halogens is 2. The van der Waals surface area contributed by atoms with Crippen LogP contribution >= 0.6 is 27.5 Å². The molecule has 0 aliphatic heterocycles. The molecule has 0 atom stereocenters. The molecule has 3 rings (SSSR count). The highest BCUT2D eigenvalue weighted by Gasteiger charge is 2.13. The molecule has 0 fully saturated rings. The van der Waals surface area contributed by atoms with Crippen LogP contribution in [0, 0.1) is 0 Å². The van der Waals surface area contributed by atoms with E-state index in [1.54, 1.807) is 18.2 Å². The Morgan fingerprint density at radius 2 is 1.65 bits per heavy atom. The van der Waals surface area contributed by atoms with Gasteiger partial charge in [-0.2, -0.15) is 0 Å². The Bertz CT molecular complexity index is 811. The van der Waals surface area contributed by atoms with Gasteiger partial charge >= 0.3 is 0 Å². The molecule has 98 valence electrons. The Hall–Kier alpha value is -1.64. The second kappa shape index (κ2) is 5.39. The van der Waals surface area contributed by atoms with Crippen molar-refractivity contribution in [1.29, 1.82) is 0 Å². The van der Waals surface area contributed by atoms with Crippen LogP contribution in [0.3, 0.4) is 0 Å².